The highest BCUT2D eigenvalue weighted by Gasteiger charge is 2.38. The first kappa shape index (κ1) is 23.2. The average Bonchev–Trinajstić information content (AvgIpc) is 3.36. The molecule has 2 unspecified atom stereocenters. The van der Waals surface area contributed by atoms with E-state index >= 15 is 0 Å². The molecule has 0 radical (unpaired) electrons. The van der Waals surface area contributed by atoms with E-state index in [1.807, 2.05) is 18.7 Å². The standard InChI is InChI=1S/C19H29BrN4O.HI/c1-4-21-19(22-12-11-18(25)24(5-2)6-3)23-17-13-16(17)14-7-9-15(20)10-8-14;/h7-10,16-17H,4-6,11-13H2,1-3H3,(H2,21,22,23);1H. The predicted octanol–water partition coefficient (Wildman–Crippen LogP) is 3.74. The second kappa shape index (κ2) is 11.8. The van der Waals surface area contributed by atoms with Gasteiger partial charge in [0.15, 0.2) is 5.96 Å². The molecule has 1 saturated carbocycles. The van der Waals surface area contributed by atoms with E-state index in [1.165, 1.54) is 5.56 Å². The van der Waals surface area contributed by atoms with Crippen LogP contribution in [0.3, 0.4) is 0 Å². The second-order valence-corrected chi connectivity index (χ2v) is 7.14. The van der Waals surface area contributed by atoms with Crippen molar-refractivity contribution >= 4 is 51.8 Å². The van der Waals surface area contributed by atoms with Crippen LogP contribution < -0.4 is 10.6 Å². The first-order valence-electron chi connectivity index (χ1n) is 9.17. The van der Waals surface area contributed by atoms with E-state index in [0.29, 0.717) is 24.9 Å². The number of halogens is 2. The minimum atomic E-state index is 0. The van der Waals surface area contributed by atoms with Gasteiger partial charge in [-0.1, -0.05) is 28.1 Å². The normalized spacial score (nSPS) is 18.7. The fraction of sp³-hybridized carbons (Fsp3) is 0.579. The predicted molar refractivity (Wildman–Crippen MR) is 122 cm³/mol. The Morgan fingerprint density at radius 3 is 2.46 bits per heavy atom. The molecule has 1 aliphatic rings. The molecule has 0 spiro atoms. The van der Waals surface area contributed by atoms with E-state index in [9.17, 15) is 4.79 Å². The first-order valence-corrected chi connectivity index (χ1v) is 9.96. The van der Waals surface area contributed by atoms with Gasteiger partial charge in [0.1, 0.15) is 0 Å². The molecular weight excluding hydrogens is 507 g/mol. The monoisotopic (exact) mass is 536 g/mol. The number of aliphatic imine (C=N–C) groups is 1. The average molecular weight is 537 g/mol. The summed E-state index contributed by atoms with van der Waals surface area (Å²) >= 11 is 3.48. The maximum absolute atomic E-state index is 12.1. The van der Waals surface area contributed by atoms with Crippen LogP contribution >= 0.6 is 39.9 Å². The van der Waals surface area contributed by atoms with E-state index in [4.69, 9.17) is 0 Å². The molecule has 0 bridgehead atoms. The number of hydrogen-bond donors (Lipinski definition) is 2. The van der Waals surface area contributed by atoms with Crippen molar-refractivity contribution < 1.29 is 4.79 Å². The third kappa shape index (κ3) is 7.06. The van der Waals surface area contributed by atoms with E-state index in [-0.39, 0.29) is 29.9 Å². The number of nitrogens with one attached hydrogen (secondary N) is 2. The quantitative estimate of drug-likeness (QED) is 0.302. The third-order valence-corrected chi connectivity index (χ3v) is 5.00. The summed E-state index contributed by atoms with van der Waals surface area (Å²) < 4.78 is 1.11. The number of guanidine groups is 1. The molecule has 1 aliphatic carbocycles. The van der Waals surface area contributed by atoms with Crippen LogP contribution in [0.4, 0.5) is 0 Å². The summed E-state index contributed by atoms with van der Waals surface area (Å²) in [7, 11) is 0. The first-order chi connectivity index (χ1) is 12.1. The molecule has 0 aromatic heterocycles. The van der Waals surface area contributed by atoms with Gasteiger partial charge in [-0.2, -0.15) is 0 Å². The molecule has 146 valence electrons. The van der Waals surface area contributed by atoms with Crippen LogP contribution in [0.25, 0.3) is 0 Å². The molecule has 5 nitrogen and oxygen atoms in total. The summed E-state index contributed by atoms with van der Waals surface area (Å²) in [6.45, 7) is 8.91. The smallest absolute Gasteiger partial charge is 0.224 e. The summed E-state index contributed by atoms with van der Waals surface area (Å²) in [5, 5.41) is 6.76. The van der Waals surface area contributed by atoms with Gasteiger partial charge in [-0.05, 0) is 44.9 Å². The Morgan fingerprint density at radius 2 is 1.88 bits per heavy atom. The number of benzene rings is 1. The molecule has 26 heavy (non-hydrogen) atoms. The summed E-state index contributed by atoms with van der Waals surface area (Å²) in [5.41, 5.74) is 1.35. The topological polar surface area (TPSA) is 56.7 Å². The van der Waals surface area contributed by atoms with Crippen molar-refractivity contribution in [2.45, 2.75) is 45.6 Å². The molecule has 2 N–H and O–H groups in total. The van der Waals surface area contributed by atoms with Gasteiger partial charge in [0, 0.05) is 42.5 Å². The van der Waals surface area contributed by atoms with Crippen LogP contribution in [0.2, 0.25) is 0 Å². The van der Waals surface area contributed by atoms with Crippen molar-refractivity contribution in [3.63, 3.8) is 0 Å². The summed E-state index contributed by atoms with van der Waals surface area (Å²) in [5.74, 6) is 1.51. The van der Waals surface area contributed by atoms with Crippen molar-refractivity contribution in [1.82, 2.24) is 15.5 Å². The van der Waals surface area contributed by atoms with E-state index in [1.54, 1.807) is 0 Å². The largest absolute Gasteiger partial charge is 0.357 e. The SMILES string of the molecule is CCNC(=NCCC(=O)N(CC)CC)NC1CC1c1ccc(Br)cc1.I. The molecule has 0 heterocycles. The number of amides is 1. The van der Waals surface area contributed by atoms with Gasteiger partial charge < -0.3 is 15.5 Å². The van der Waals surface area contributed by atoms with E-state index in [2.05, 4.69) is 62.7 Å². The van der Waals surface area contributed by atoms with Crippen molar-refractivity contribution in [3.05, 3.63) is 34.3 Å². The van der Waals surface area contributed by atoms with Crippen molar-refractivity contribution in [1.29, 1.82) is 0 Å². The lowest BCUT2D eigenvalue weighted by atomic mass is 10.1. The van der Waals surface area contributed by atoms with Crippen molar-refractivity contribution in [2.75, 3.05) is 26.2 Å². The Morgan fingerprint density at radius 1 is 1.23 bits per heavy atom. The molecule has 7 heteroatoms. The van der Waals surface area contributed by atoms with Crippen LogP contribution in [-0.2, 0) is 4.79 Å². The number of nitrogens with zero attached hydrogens (tertiary/aromatic N) is 2. The highest BCUT2D eigenvalue weighted by molar-refractivity contribution is 14.0. The molecule has 1 fully saturated rings. The maximum Gasteiger partial charge on any atom is 0.224 e. The molecule has 0 aliphatic heterocycles. The van der Waals surface area contributed by atoms with Gasteiger partial charge in [-0.25, -0.2) is 0 Å². The van der Waals surface area contributed by atoms with Crippen LogP contribution in [0, 0.1) is 0 Å². The molecule has 1 amide bonds. The Bertz CT molecular complexity index is 590. The Balaban J connectivity index is 0.00000338. The fourth-order valence-corrected chi connectivity index (χ4v) is 3.19. The zero-order valence-corrected chi connectivity index (χ0v) is 19.7. The van der Waals surface area contributed by atoms with Gasteiger partial charge in [0.25, 0.3) is 0 Å². The molecule has 2 atom stereocenters. The number of carbonyl (C=O) groups excluding carboxylic acids is 1. The number of rotatable bonds is 8. The van der Waals surface area contributed by atoms with E-state index < -0.39 is 0 Å². The van der Waals surface area contributed by atoms with Crippen LogP contribution in [-0.4, -0.2) is 49.0 Å². The van der Waals surface area contributed by atoms with Crippen molar-refractivity contribution in [3.8, 4) is 0 Å². The van der Waals surface area contributed by atoms with Gasteiger partial charge in [-0.15, -0.1) is 24.0 Å². The van der Waals surface area contributed by atoms with Gasteiger partial charge in [0.05, 0.1) is 6.54 Å². The lowest BCUT2D eigenvalue weighted by Crippen LogP contribution is -2.39. The minimum absolute atomic E-state index is 0. The van der Waals surface area contributed by atoms with E-state index in [0.717, 1.165) is 36.5 Å². The summed E-state index contributed by atoms with van der Waals surface area (Å²) in [6.07, 6.45) is 1.57. The molecule has 1 aromatic carbocycles. The Labute approximate surface area is 182 Å². The molecule has 2 rings (SSSR count). The molecular formula is C19H30BrIN4O. The Hall–Kier alpha value is -0.830. The molecule has 0 saturated heterocycles. The number of hydrogen-bond acceptors (Lipinski definition) is 2. The lowest BCUT2D eigenvalue weighted by Gasteiger charge is -2.18. The van der Waals surface area contributed by atoms with Gasteiger partial charge in [-0.3, -0.25) is 9.79 Å². The highest BCUT2D eigenvalue weighted by atomic mass is 127. The van der Waals surface area contributed by atoms with Crippen LogP contribution in [0.15, 0.2) is 33.7 Å². The summed E-state index contributed by atoms with van der Waals surface area (Å²) in [6, 6.07) is 8.93. The maximum atomic E-state index is 12.1. The Kier molecular flexibility index (Phi) is 10.5. The van der Waals surface area contributed by atoms with Gasteiger partial charge >= 0.3 is 0 Å². The number of carbonyl (C=O) groups is 1. The van der Waals surface area contributed by atoms with Crippen LogP contribution in [0.1, 0.15) is 45.1 Å². The molecule has 1 aromatic rings. The zero-order chi connectivity index (χ0) is 18.2. The lowest BCUT2D eigenvalue weighted by molar-refractivity contribution is -0.130. The highest BCUT2D eigenvalue weighted by Crippen LogP contribution is 2.40. The van der Waals surface area contributed by atoms with Gasteiger partial charge in [0.2, 0.25) is 5.91 Å². The summed E-state index contributed by atoms with van der Waals surface area (Å²) in [4.78, 5) is 18.5. The van der Waals surface area contributed by atoms with Crippen molar-refractivity contribution in [2.24, 2.45) is 4.99 Å². The minimum Gasteiger partial charge on any atom is -0.357 e. The zero-order valence-electron chi connectivity index (χ0n) is 15.8. The fourth-order valence-electron chi connectivity index (χ4n) is 2.93. The second-order valence-electron chi connectivity index (χ2n) is 6.22. The third-order valence-electron chi connectivity index (χ3n) is 4.47. The van der Waals surface area contributed by atoms with Crippen LogP contribution in [0.5, 0.6) is 0 Å².